The molecule has 0 aromatic carbocycles. The Morgan fingerprint density at radius 3 is 0.843 bits per heavy atom. The molecule has 6 heteroatoms. The van der Waals surface area contributed by atoms with Crippen molar-refractivity contribution in [2.24, 2.45) is 0 Å². The van der Waals surface area contributed by atoms with E-state index in [0.29, 0.717) is 19.3 Å². The number of hydrogen-bond acceptors (Lipinski definition) is 6. The Morgan fingerprint density at radius 2 is 0.529 bits per heavy atom. The molecule has 0 rings (SSSR count). The quantitative estimate of drug-likeness (QED) is 0.0261. The van der Waals surface area contributed by atoms with Crippen LogP contribution in [0.4, 0.5) is 0 Å². The van der Waals surface area contributed by atoms with Crippen LogP contribution in [-0.4, -0.2) is 37.2 Å². The van der Waals surface area contributed by atoms with Crippen LogP contribution in [0.2, 0.25) is 0 Å². The first-order valence-corrected chi connectivity index (χ1v) is 31.0. The van der Waals surface area contributed by atoms with E-state index in [1.165, 1.54) is 218 Å². The van der Waals surface area contributed by atoms with E-state index < -0.39 is 6.10 Å². The zero-order valence-corrected chi connectivity index (χ0v) is 47.1. The molecule has 0 bridgehead atoms. The molecule has 0 saturated heterocycles. The Balaban J connectivity index is 4.33. The minimum atomic E-state index is -0.777. The zero-order chi connectivity index (χ0) is 50.7. The van der Waals surface area contributed by atoms with E-state index in [1.54, 1.807) is 0 Å². The van der Waals surface area contributed by atoms with Crippen molar-refractivity contribution >= 4 is 17.9 Å². The van der Waals surface area contributed by atoms with Gasteiger partial charge in [0.05, 0.1) is 0 Å². The fourth-order valence-corrected chi connectivity index (χ4v) is 9.16. The predicted molar refractivity (Wildman–Crippen MR) is 302 cm³/mol. The van der Waals surface area contributed by atoms with Crippen LogP contribution in [0.15, 0.2) is 36.5 Å². The van der Waals surface area contributed by atoms with E-state index in [-0.39, 0.29) is 31.1 Å². The monoisotopic (exact) mass is 983 g/mol. The van der Waals surface area contributed by atoms with Gasteiger partial charge < -0.3 is 14.2 Å². The molecule has 0 aliphatic rings. The molecule has 1 atom stereocenters. The van der Waals surface area contributed by atoms with Crippen molar-refractivity contribution in [2.45, 2.75) is 341 Å². The Bertz CT molecular complexity index is 1170. The average Bonchev–Trinajstić information content (AvgIpc) is 3.36. The van der Waals surface area contributed by atoms with Crippen molar-refractivity contribution in [3.05, 3.63) is 36.5 Å². The number of rotatable bonds is 57. The largest absolute Gasteiger partial charge is 0.462 e. The van der Waals surface area contributed by atoms with Gasteiger partial charge in [-0.25, -0.2) is 0 Å². The Kier molecular flexibility index (Phi) is 57.2. The number of unbranched alkanes of at least 4 members (excludes halogenated alkanes) is 40. The van der Waals surface area contributed by atoms with Gasteiger partial charge in [0, 0.05) is 19.3 Å². The van der Waals surface area contributed by atoms with Crippen molar-refractivity contribution < 1.29 is 28.6 Å². The lowest BCUT2D eigenvalue weighted by molar-refractivity contribution is -0.167. The van der Waals surface area contributed by atoms with Crippen LogP contribution in [-0.2, 0) is 28.6 Å². The van der Waals surface area contributed by atoms with Gasteiger partial charge in [0.2, 0.25) is 0 Å². The first-order chi connectivity index (χ1) is 34.5. The molecule has 0 heterocycles. The number of esters is 3. The first kappa shape index (κ1) is 67.6. The fourth-order valence-electron chi connectivity index (χ4n) is 9.16. The van der Waals surface area contributed by atoms with Gasteiger partial charge in [-0.2, -0.15) is 0 Å². The molecule has 0 aromatic heterocycles. The van der Waals surface area contributed by atoms with E-state index >= 15 is 0 Å². The predicted octanol–water partition coefficient (Wildman–Crippen LogP) is 20.8. The van der Waals surface area contributed by atoms with Gasteiger partial charge in [0.25, 0.3) is 0 Å². The molecule has 0 unspecified atom stereocenters. The van der Waals surface area contributed by atoms with Crippen LogP contribution in [0.5, 0.6) is 0 Å². The summed E-state index contributed by atoms with van der Waals surface area (Å²) in [5, 5.41) is 0. The second-order valence-electron chi connectivity index (χ2n) is 21.0. The lowest BCUT2D eigenvalue weighted by Gasteiger charge is -2.18. The standard InChI is InChI=1S/C64H118O6/c1-4-7-10-13-16-19-22-25-28-30-32-34-36-39-42-45-48-51-54-57-63(66)69-60-61(59-68-62(65)56-53-50-47-44-41-38-27-24-21-18-15-12-9-6-3)70-64(67)58-55-52-49-46-43-40-37-35-33-31-29-26-23-20-17-14-11-8-5-2/h15,18,24,27,30,32,61H,4-14,16-17,19-23,25-26,28-29,31,33-60H2,1-3H3/b18-15-,27-24-,32-30-/t61-/m1/s1. The van der Waals surface area contributed by atoms with Crippen LogP contribution < -0.4 is 0 Å². The van der Waals surface area contributed by atoms with Crippen LogP contribution in [0.25, 0.3) is 0 Å². The SMILES string of the molecule is CCCC/C=C\C/C=C\CCCCCCCC(=O)OC[C@H](COC(=O)CCCCCCCCC/C=C\CCCCCCCCCC)OC(=O)CCCCCCCCCCCCCCCCCCCCC. The highest BCUT2D eigenvalue weighted by Crippen LogP contribution is 2.17. The smallest absolute Gasteiger partial charge is 0.306 e. The van der Waals surface area contributed by atoms with E-state index in [4.69, 9.17) is 14.2 Å². The minimum absolute atomic E-state index is 0.0752. The molecule has 0 saturated carbocycles. The minimum Gasteiger partial charge on any atom is -0.462 e. The maximum Gasteiger partial charge on any atom is 0.306 e. The molecule has 410 valence electrons. The maximum atomic E-state index is 12.9. The topological polar surface area (TPSA) is 78.9 Å². The van der Waals surface area contributed by atoms with Gasteiger partial charge in [-0.05, 0) is 70.6 Å². The highest BCUT2D eigenvalue weighted by molar-refractivity contribution is 5.71. The molecular formula is C64H118O6. The summed E-state index contributed by atoms with van der Waals surface area (Å²) in [5.41, 5.74) is 0. The van der Waals surface area contributed by atoms with Gasteiger partial charge in [-0.15, -0.1) is 0 Å². The van der Waals surface area contributed by atoms with Gasteiger partial charge in [0.15, 0.2) is 6.10 Å². The Morgan fingerprint density at radius 1 is 0.286 bits per heavy atom. The summed E-state index contributed by atoms with van der Waals surface area (Å²) >= 11 is 0. The molecule has 6 nitrogen and oxygen atoms in total. The summed E-state index contributed by atoms with van der Waals surface area (Å²) in [6.45, 7) is 6.64. The van der Waals surface area contributed by atoms with Crippen LogP contribution in [0.1, 0.15) is 335 Å². The first-order valence-electron chi connectivity index (χ1n) is 31.0. The lowest BCUT2D eigenvalue weighted by Crippen LogP contribution is -2.30. The van der Waals surface area contributed by atoms with Crippen molar-refractivity contribution in [2.75, 3.05) is 13.2 Å². The fraction of sp³-hybridized carbons (Fsp3) is 0.859. The molecule has 0 amide bonds. The molecule has 0 radical (unpaired) electrons. The maximum absolute atomic E-state index is 12.9. The highest BCUT2D eigenvalue weighted by atomic mass is 16.6. The number of carbonyl (C=O) groups is 3. The molecule has 0 fully saturated rings. The van der Waals surface area contributed by atoms with Crippen LogP contribution >= 0.6 is 0 Å². The summed E-state index contributed by atoms with van der Waals surface area (Å²) in [6, 6.07) is 0. The summed E-state index contributed by atoms with van der Waals surface area (Å²) in [6.07, 6.45) is 71.4. The van der Waals surface area contributed by atoms with E-state index in [0.717, 1.165) is 77.0 Å². The van der Waals surface area contributed by atoms with Crippen molar-refractivity contribution in [3.8, 4) is 0 Å². The number of hydrogen-bond donors (Lipinski definition) is 0. The third-order valence-corrected chi connectivity index (χ3v) is 13.9. The zero-order valence-electron chi connectivity index (χ0n) is 47.1. The third kappa shape index (κ3) is 56.5. The lowest BCUT2D eigenvalue weighted by atomic mass is 10.0. The molecule has 70 heavy (non-hydrogen) atoms. The van der Waals surface area contributed by atoms with Crippen molar-refractivity contribution in [1.82, 2.24) is 0 Å². The second kappa shape index (κ2) is 59.2. The normalized spacial score (nSPS) is 12.2. The van der Waals surface area contributed by atoms with E-state index in [1.807, 2.05) is 0 Å². The summed E-state index contributed by atoms with van der Waals surface area (Å²) in [7, 11) is 0. The second-order valence-corrected chi connectivity index (χ2v) is 21.0. The third-order valence-electron chi connectivity index (χ3n) is 13.9. The summed E-state index contributed by atoms with van der Waals surface area (Å²) < 4.78 is 16.9. The molecule has 0 N–H and O–H groups in total. The Hall–Kier alpha value is -2.37. The van der Waals surface area contributed by atoms with Gasteiger partial charge in [0.1, 0.15) is 13.2 Å². The van der Waals surface area contributed by atoms with Crippen LogP contribution in [0.3, 0.4) is 0 Å². The molecule has 0 aliphatic carbocycles. The molecule has 0 aliphatic heterocycles. The van der Waals surface area contributed by atoms with Crippen LogP contribution in [0, 0.1) is 0 Å². The van der Waals surface area contributed by atoms with Crippen molar-refractivity contribution in [3.63, 3.8) is 0 Å². The molecule has 0 aromatic rings. The van der Waals surface area contributed by atoms with Gasteiger partial charge in [-0.1, -0.05) is 282 Å². The molecule has 0 spiro atoms. The van der Waals surface area contributed by atoms with E-state index in [9.17, 15) is 14.4 Å². The highest BCUT2D eigenvalue weighted by Gasteiger charge is 2.19. The number of ether oxygens (including phenoxy) is 3. The van der Waals surface area contributed by atoms with Gasteiger partial charge in [-0.3, -0.25) is 14.4 Å². The van der Waals surface area contributed by atoms with Gasteiger partial charge >= 0.3 is 17.9 Å². The summed E-state index contributed by atoms with van der Waals surface area (Å²) in [4.78, 5) is 38.2. The van der Waals surface area contributed by atoms with Crippen molar-refractivity contribution in [1.29, 1.82) is 0 Å². The summed E-state index contributed by atoms with van der Waals surface area (Å²) in [5.74, 6) is -0.872. The molecular weight excluding hydrogens is 865 g/mol. The Labute approximate surface area is 435 Å². The number of carbonyl (C=O) groups excluding carboxylic acids is 3. The number of allylic oxidation sites excluding steroid dienone is 6. The van der Waals surface area contributed by atoms with E-state index in [2.05, 4.69) is 57.2 Å². The average molecular weight is 984 g/mol.